The summed E-state index contributed by atoms with van der Waals surface area (Å²) in [6.07, 6.45) is 0. The van der Waals surface area contributed by atoms with Gasteiger partial charge in [-0.3, -0.25) is 0 Å². The SMILES string of the molecule is Cc1nc2cc(CN(C)CCN)ccc2n1C(C)C. The smallest absolute Gasteiger partial charge is 0.106 e. The number of aromatic nitrogens is 2. The third kappa shape index (κ3) is 2.96. The predicted molar refractivity (Wildman–Crippen MR) is 80.2 cm³/mol. The van der Waals surface area contributed by atoms with Crippen molar-refractivity contribution in [1.82, 2.24) is 14.5 Å². The zero-order valence-electron chi connectivity index (χ0n) is 12.3. The molecule has 0 radical (unpaired) electrons. The number of hydrogen-bond acceptors (Lipinski definition) is 3. The van der Waals surface area contributed by atoms with Crippen LogP contribution in [0.2, 0.25) is 0 Å². The highest BCUT2D eigenvalue weighted by Gasteiger charge is 2.10. The minimum absolute atomic E-state index is 0.441. The first-order valence-electron chi connectivity index (χ1n) is 6.89. The summed E-state index contributed by atoms with van der Waals surface area (Å²) in [4.78, 5) is 6.90. The number of benzene rings is 1. The van der Waals surface area contributed by atoms with Crippen LogP contribution in [0.5, 0.6) is 0 Å². The Morgan fingerprint density at radius 2 is 2.11 bits per heavy atom. The van der Waals surface area contributed by atoms with Gasteiger partial charge in [-0.1, -0.05) is 6.07 Å². The van der Waals surface area contributed by atoms with E-state index >= 15 is 0 Å². The first kappa shape index (κ1) is 14.0. The van der Waals surface area contributed by atoms with E-state index in [9.17, 15) is 0 Å². The third-order valence-corrected chi connectivity index (χ3v) is 3.41. The number of nitrogens with zero attached hydrogens (tertiary/aromatic N) is 3. The Labute approximate surface area is 115 Å². The number of fused-ring (bicyclic) bond motifs is 1. The van der Waals surface area contributed by atoms with Crippen molar-refractivity contribution >= 4 is 11.0 Å². The lowest BCUT2D eigenvalue weighted by molar-refractivity contribution is 0.336. The van der Waals surface area contributed by atoms with E-state index in [1.165, 1.54) is 11.1 Å². The van der Waals surface area contributed by atoms with Crippen LogP contribution in [0.4, 0.5) is 0 Å². The van der Waals surface area contributed by atoms with Crippen molar-refractivity contribution in [2.45, 2.75) is 33.4 Å². The topological polar surface area (TPSA) is 47.1 Å². The quantitative estimate of drug-likeness (QED) is 0.897. The number of imidazole rings is 1. The molecule has 2 N–H and O–H groups in total. The summed E-state index contributed by atoms with van der Waals surface area (Å²) in [5, 5.41) is 0. The van der Waals surface area contributed by atoms with E-state index in [4.69, 9.17) is 5.73 Å². The van der Waals surface area contributed by atoms with E-state index in [2.05, 4.69) is 60.5 Å². The Hall–Kier alpha value is -1.39. The van der Waals surface area contributed by atoms with Crippen molar-refractivity contribution in [3.05, 3.63) is 29.6 Å². The molecule has 2 rings (SSSR count). The minimum Gasteiger partial charge on any atom is -0.329 e. The maximum Gasteiger partial charge on any atom is 0.106 e. The fraction of sp³-hybridized carbons (Fsp3) is 0.533. The van der Waals surface area contributed by atoms with Gasteiger partial charge in [0.2, 0.25) is 0 Å². The van der Waals surface area contributed by atoms with Crippen LogP contribution in [0.15, 0.2) is 18.2 Å². The van der Waals surface area contributed by atoms with Crippen LogP contribution in [-0.4, -0.2) is 34.6 Å². The van der Waals surface area contributed by atoms with Gasteiger partial charge in [0, 0.05) is 25.7 Å². The van der Waals surface area contributed by atoms with Crippen LogP contribution in [0.3, 0.4) is 0 Å². The summed E-state index contributed by atoms with van der Waals surface area (Å²) in [7, 11) is 2.09. The summed E-state index contributed by atoms with van der Waals surface area (Å²) >= 11 is 0. The van der Waals surface area contributed by atoms with Crippen molar-refractivity contribution < 1.29 is 0 Å². The van der Waals surface area contributed by atoms with E-state index in [1.54, 1.807) is 0 Å². The zero-order chi connectivity index (χ0) is 14.0. The largest absolute Gasteiger partial charge is 0.329 e. The molecule has 104 valence electrons. The van der Waals surface area contributed by atoms with Gasteiger partial charge in [0.1, 0.15) is 5.82 Å². The Morgan fingerprint density at radius 3 is 2.74 bits per heavy atom. The highest BCUT2D eigenvalue weighted by atomic mass is 15.1. The molecule has 19 heavy (non-hydrogen) atoms. The fourth-order valence-corrected chi connectivity index (χ4v) is 2.63. The standard InChI is InChI=1S/C15H24N4/c1-11(2)19-12(3)17-14-9-13(5-6-15(14)19)10-18(4)8-7-16/h5-6,9,11H,7-8,10,16H2,1-4H3. The molecule has 4 heteroatoms. The summed E-state index contributed by atoms with van der Waals surface area (Å²) < 4.78 is 2.28. The van der Waals surface area contributed by atoms with Crippen LogP contribution in [-0.2, 0) is 6.54 Å². The van der Waals surface area contributed by atoms with Gasteiger partial charge in [0.05, 0.1) is 11.0 Å². The molecule has 1 aromatic carbocycles. The molecule has 1 aromatic heterocycles. The molecule has 0 bridgehead atoms. The van der Waals surface area contributed by atoms with Gasteiger partial charge >= 0.3 is 0 Å². The lowest BCUT2D eigenvalue weighted by Gasteiger charge is -2.15. The molecule has 4 nitrogen and oxygen atoms in total. The molecule has 0 fully saturated rings. The van der Waals surface area contributed by atoms with Gasteiger partial charge < -0.3 is 15.2 Å². The van der Waals surface area contributed by atoms with E-state index in [0.717, 1.165) is 24.4 Å². The predicted octanol–water partition coefficient (Wildman–Crippen LogP) is 2.32. The Bertz CT molecular complexity index is 557. The summed E-state index contributed by atoms with van der Waals surface area (Å²) in [6.45, 7) is 8.98. The molecule has 0 aliphatic carbocycles. The maximum atomic E-state index is 5.57. The number of nitrogens with two attached hydrogens (primary N) is 1. The van der Waals surface area contributed by atoms with Gasteiger partial charge in [-0.15, -0.1) is 0 Å². The van der Waals surface area contributed by atoms with E-state index in [0.29, 0.717) is 12.6 Å². The van der Waals surface area contributed by atoms with Crippen LogP contribution in [0.25, 0.3) is 11.0 Å². The monoisotopic (exact) mass is 260 g/mol. The molecule has 2 aromatic rings. The minimum atomic E-state index is 0.441. The highest BCUT2D eigenvalue weighted by molar-refractivity contribution is 5.77. The molecule has 0 amide bonds. The maximum absolute atomic E-state index is 5.57. The number of aryl methyl sites for hydroxylation is 1. The van der Waals surface area contributed by atoms with Gasteiger partial charge in [-0.2, -0.15) is 0 Å². The summed E-state index contributed by atoms with van der Waals surface area (Å²) in [5.74, 6) is 1.08. The van der Waals surface area contributed by atoms with Gasteiger partial charge in [0.15, 0.2) is 0 Å². The molecule has 0 unspecified atom stereocenters. The van der Waals surface area contributed by atoms with Crippen LogP contribution < -0.4 is 5.73 Å². The Morgan fingerprint density at radius 1 is 1.37 bits per heavy atom. The normalized spacial score (nSPS) is 11.9. The molecule has 0 spiro atoms. The molecule has 0 aliphatic rings. The van der Waals surface area contributed by atoms with Crippen molar-refractivity contribution in [3.8, 4) is 0 Å². The highest BCUT2D eigenvalue weighted by Crippen LogP contribution is 2.22. The van der Waals surface area contributed by atoms with Crippen molar-refractivity contribution in [2.75, 3.05) is 20.1 Å². The second-order valence-electron chi connectivity index (χ2n) is 5.47. The van der Waals surface area contributed by atoms with E-state index < -0.39 is 0 Å². The van der Waals surface area contributed by atoms with Gasteiger partial charge in [0.25, 0.3) is 0 Å². The van der Waals surface area contributed by atoms with Crippen molar-refractivity contribution in [1.29, 1.82) is 0 Å². The average molecular weight is 260 g/mol. The van der Waals surface area contributed by atoms with Gasteiger partial charge in [-0.25, -0.2) is 4.98 Å². The second-order valence-corrected chi connectivity index (χ2v) is 5.47. The fourth-order valence-electron chi connectivity index (χ4n) is 2.63. The van der Waals surface area contributed by atoms with Gasteiger partial charge in [-0.05, 0) is 45.5 Å². The Balaban J connectivity index is 2.32. The molecule has 0 atom stereocenters. The number of rotatable bonds is 5. The van der Waals surface area contributed by atoms with Crippen molar-refractivity contribution in [2.24, 2.45) is 5.73 Å². The lowest BCUT2D eigenvalue weighted by Crippen LogP contribution is -2.24. The van der Waals surface area contributed by atoms with E-state index in [1.807, 2.05) is 0 Å². The summed E-state index contributed by atoms with van der Waals surface area (Å²) in [6, 6.07) is 7.00. The van der Waals surface area contributed by atoms with E-state index in [-0.39, 0.29) is 0 Å². The summed E-state index contributed by atoms with van der Waals surface area (Å²) in [5.41, 5.74) is 9.17. The zero-order valence-corrected chi connectivity index (χ0v) is 12.3. The second kappa shape index (κ2) is 5.72. The number of likely N-dealkylation sites (N-methyl/N-ethyl adjacent to an activating group) is 1. The van der Waals surface area contributed by atoms with Crippen molar-refractivity contribution in [3.63, 3.8) is 0 Å². The number of hydrogen-bond donors (Lipinski definition) is 1. The average Bonchev–Trinajstić information content (AvgIpc) is 2.64. The van der Waals surface area contributed by atoms with Crippen LogP contribution in [0.1, 0.15) is 31.3 Å². The van der Waals surface area contributed by atoms with Crippen LogP contribution in [0, 0.1) is 6.92 Å². The Kier molecular flexibility index (Phi) is 4.22. The molecule has 0 saturated heterocycles. The lowest BCUT2D eigenvalue weighted by atomic mass is 10.2. The first-order chi connectivity index (χ1) is 9.02. The third-order valence-electron chi connectivity index (χ3n) is 3.41. The molecule has 0 aliphatic heterocycles. The molecular formula is C15H24N4. The molecule has 1 heterocycles. The molecular weight excluding hydrogens is 236 g/mol. The first-order valence-corrected chi connectivity index (χ1v) is 6.89. The molecule has 0 saturated carbocycles. The van der Waals surface area contributed by atoms with Crippen LogP contribution >= 0.6 is 0 Å².